The third kappa shape index (κ3) is 3.99. The monoisotopic (exact) mass is 384 g/mol. The van der Waals surface area contributed by atoms with Crippen LogP contribution in [0.2, 0.25) is 0 Å². The number of rotatable bonds is 5. The zero-order chi connectivity index (χ0) is 18.9. The van der Waals surface area contributed by atoms with Crippen LogP contribution in [0, 0.1) is 0 Å². The second kappa shape index (κ2) is 7.32. The average molecular weight is 385 g/mol. The Hall–Kier alpha value is -2.38. The van der Waals surface area contributed by atoms with Crippen LogP contribution in [0.1, 0.15) is 24.8 Å². The number of nitrogens with zero attached hydrogens (tertiary/aromatic N) is 3. The summed E-state index contributed by atoms with van der Waals surface area (Å²) in [6.45, 7) is 3.11. The fourth-order valence-electron chi connectivity index (χ4n) is 3.58. The number of benzene rings is 1. The standard InChI is InChI=1S/C20H24N4O2S/c1-23-12-9-17-13-18(6-7-19(17)23)27(25,26)22-20-8-5-16(14-21-20)15-24-10-3-2-4-11-24/h5-9,12-14H,2-4,10-11,15H2,1H3,(H,21,22). The lowest BCUT2D eigenvalue weighted by Gasteiger charge is -2.26. The molecule has 3 heterocycles. The van der Waals surface area contributed by atoms with E-state index in [2.05, 4.69) is 14.6 Å². The molecule has 0 bridgehead atoms. The third-order valence-corrected chi connectivity index (χ3v) is 6.44. The number of pyridine rings is 1. The number of fused-ring (bicyclic) bond motifs is 1. The fourth-order valence-corrected chi connectivity index (χ4v) is 4.62. The Morgan fingerprint density at radius 3 is 2.63 bits per heavy atom. The van der Waals surface area contributed by atoms with Crippen molar-refractivity contribution >= 4 is 26.7 Å². The summed E-state index contributed by atoms with van der Waals surface area (Å²) in [7, 11) is -1.73. The minimum atomic E-state index is -3.67. The van der Waals surface area contributed by atoms with Gasteiger partial charge in [-0.3, -0.25) is 9.62 Å². The normalized spacial score (nSPS) is 15.9. The van der Waals surface area contributed by atoms with Gasteiger partial charge in [-0.05, 0) is 61.8 Å². The molecule has 0 atom stereocenters. The number of nitrogens with one attached hydrogen (secondary N) is 1. The molecule has 0 radical (unpaired) electrons. The van der Waals surface area contributed by atoms with Gasteiger partial charge in [0.05, 0.1) is 4.90 Å². The molecule has 1 aromatic carbocycles. The zero-order valence-corrected chi connectivity index (χ0v) is 16.2. The summed E-state index contributed by atoms with van der Waals surface area (Å²) in [5.74, 6) is 0.338. The van der Waals surface area contributed by atoms with E-state index in [0.29, 0.717) is 5.82 Å². The molecular weight excluding hydrogens is 360 g/mol. The Balaban J connectivity index is 1.48. The molecule has 2 aromatic heterocycles. The van der Waals surface area contributed by atoms with Crippen LogP contribution in [0.4, 0.5) is 5.82 Å². The van der Waals surface area contributed by atoms with Crippen molar-refractivity contribution in [2.75, 3.05) is 17.8 Å². The van der Waals surface area contributed by atoms with Gasteiger partial charge in [0.1, 0.15) is 5.82 Å². The third-order valence-electron chi connectivity index (χ3n) is 5.09. The number of anilines is 1. The van der Waals surface area contributed by atoms with E-state index in [1.54, 1.807) is 24.4 Å². The van der Waals surface area contributed by atoms with Crippen molar-refractivity contribution in [2.45, 2.75) is 30.7 Å². The van der Waals surface area contributed by atoms with Crippen LogP contribution < -0.4 is 4.72 Å². The largest absolute Gasteiger partial charge is 0.351 e. The van der Waals surface area contributed by atoms with Gasteiger partial charge >= 0.3 is 0 Å². The number of piperidine rings is 1. The maximum absolute atomic E-state index is 12.7. The molecule has 7 heteroatoms. The van der Waals surface area contributed by atoms with Gasteiger partial charge in [0, 0.05) is 36.9 Å². The van der Waals surface area contributed by atoms with Crippen molar-refractivity contribution in [1.82, 2.24) is 14.5 Å². The topological polar surface area (TPSA) is 67.2 Å². The highest BCUT2D eigenvalue weighted by Crippen LogP contribution is 2.22. The van der Waals surface area contributed by atoms with Crippen molar-refractivity contribution in [3.05, 3.63) is 54.4 Å². The van der Waals surface area contributed by atoms with Crippen molar-refractivity contribution in [3.8, 4) is 0 Å². The minimum Gasteiger partial charge on any atom is -0.351 e. The van der Waals surface area contributed by atoms with Crippen LogP contribution in [0.25, 0.3) is 10.9 Å². The molecule has 0 amide bonds. The highest BCUT2D eigenvalue weighted by molar-refractivity contribution is 7.92. The summed E-state index contributed by atoms with van der Waals surface area (Å²) < 4.78 is 29.9. The predicted octanol–water partition coefficient (Wildman–Crippen LogP) is 3.36. The highest BCUT2D eigenvalue weighted by Gasteiger charge is 2.16. The molecule has 0 spiro atoms. The van der Waals surface area contributed by atoms with Crippen LogP contribution >= 0.6 is 0 Å². The molecular formula is C20H24N4O2S. The molecule has 6 nitrogen and oxygen atoms in total. The van der Waals surface area contributed by atoms with Crippen molar-refractivity contribution < 1.29 is 8.42 Å². The molecule has 0 aliphatic carbocycles. The van der Waals surface area contributed by atoms with Crippen LogP contribution in [-0.4, -0.2) is 36.0 Å². The lowest BCUT2D eigenvalue weighted by Crippen LogP contribution is -2.29. The molecule has 0 unspecified atom stereocenters. The summed E-state index contributed by atoms with van der Waals surface area (Å²) in [6, 6.07) is 10.7. The van der Waals surface area contributed by atoms with E-state index in [1.807, 2.05) is 36.0 Å². The number of likely N-dealkylation sites (tertiary alicyclic amines) is 1. The van der Waals surface area contributed by atoms with Gasteiger partial charge in [-0.1, -0.05) is 12.5 Å². The smallest absolute Gasteiger partial charge is 0.263 e. The summed E-state index contributed by atoms with van der Waals surface area (Å²) in [5, 5.41) is 0.894. The number of hydrogen-bond donors (Lipinski definition) is 1. The Bertz CT molecular complexity index is 1040. The quantitative estimate of drug-likeness (QED) is 0.732. The van der Waals surface area contributed by atoms with Crippen LogP contribution in [0.15, 0.2) is 53.7 Å². The zero-order valence-electron chi connectivity index (χ0n) is 15.4. The summed E-state index contributed by atoms with van der Waals surface area (Å²) in [6.07, 6.45) is 7.47. The summed E-state index contributed by atoms with van der Waals surface area (Å²) in [5.41, 5.74) is 2.10. The lowest BCUT2D eigenvalue weighted by molar-refractivity contribution is 0.220. The first kappa shape index (κ1) is 18.0. The Morgan fingerprint density at radius 1 is 1.07 bits per heavy atom. The number of hydrogen-bond acceptors (Lipinski definition) is 4. The van der Waals surface area contributed by atoms with E-state index in [9.17, 15) is 8.42 Å². The minimum absolute atomic E-state index is 0.236. The predicted molar refractivity (Wildman–Crippen MR) is 107 cm³/mol. The molecule has 3 aromatic rings. The average Bonchev–Trinajstić information content (AvgIpc) is 3.04. The van der Waals surface area contributed by atoms with Gasteiger partial charge in [-0.25, -0.2) is 13.4 Å². The molecule has 142 valence electrons. The maximum Gasteiger partial charge on any atom is 0.263 e. The number of sulfonamides is 1. The highest BCUT2D eigenvalue weighted by atomic mass is 32.2. The molecule has 4 rings (SSSR count). The van der Waals surface area contributed by atoms with Gasteiger partial charge < -0.3 is 4.57 Å². The number of aryl methyl sites for hydroxylation is 1. The Labute approximate surface area is 159 Å². The van der Waals surface area contributed by atoms with Gasteiger partial charge in [-0.2, -0.15) is 0 Å². The SMILES string of the molecule is Cn1ccc2cc(S(=O)(=O)Nc3ccc(CN4CCCCC4)cn3)ccc21. The van der Waals surface area contributed by atoms with Crippen LogP contribution in [0.5, 0.6) is 0 Å². The Kier molecular flexibility index (Phi) is 4.88. The molecule has 0 saturated carbocycles. The van der Waals surface area contributed by atoms with E-state index in [0.717, 1.165) is 36.1 Å². The van der Waals surface area contributed by atoms with E-state index in [-0.39, 0.29) is 4.90 Å². The van der Waals surface area contributed by atoms with E-state index in [4.69, 9.17) is 0 Å². The van der Waals surface area contributed by atoms with Gasteiger partial charge in [0.15, 0.2) is 0 Å². The molecule has 1 N–H and O–H groups in total. The Morgan fingerprint density at radius 2 is 1.89 bits per heavy atom. The molecule has 1 aliphatic heterocycles. The first-order chi connectivity index (χ1) is 13.0. The maximum atomic E-state index is 12.7. The second-order valence-corrected chi connectivity index (χ2v) is 8.82. The first-order valence-corrected chi connectivity index (χ1v) is 10.7. The molecule has 27 heavy (non-hydrogen) atoms. The van der Waals surface area contributed by atoms with Crippen molar-refractivity contribution in [3.63, 3.8) is 0 Å². The van der Waals surface area contributed by atoms with E-state index < -0.39 is 10.0 Å². The van der Waals surface area contributed by atoms with E-state index in [1.165, 1.54) is 19.3 Å². The van der Waals surface area contributed by atoms with Gasteiger partial charge in [0.25, 0.3) is 10.0 Å². The summed E-state index contributed by atoms with van der Waals surface area (Å²) >= 11 is 0. The first-order valence-electron chi connectivity index (χ1n) is 9.26. The van der Waals surface area contributed by atoms with Crippen LogP contribution in [-0.2, 0) is 23.6 Å². The fraction of sp³-hybridized carbons (Fsp3) is 0.350. The molecule has 1 saturated heterocycles. The van der Waals surface area contributed by atoms with E-state index >= 15 is 0 Å². The molecule has 1 fully saturated rings. The van der Waals surface area contributed by atoms with Crippen molar-refractivity contribution in [1.29, 1.82) is 0 Å². The van der Waals surface area contributed by atoms with Gasteiger partial charge in [0.2, 0.25) is 0 Å². The molecule has 1 aliphatic rings. The lowest BCUT2D eigenvalue weighted by atomic mass is 10.1. The van der Waals surface area contributed by atoms with Gasteiger partial charge in [-0.15, -0.1) is 0 Å². The summed E-state index contributed by atoms with van der Waals surface area (Å²) in [4.78, 5) is 6.95. The number of aromatic nitrogens is 2. The van der Waals surface area contributed by atoms with Crippen molar-refractivity contribution in [2.24, 2.45) is 7.05 Å². The second-order valence-electron chi connectivity index (χ2n) is 7.14. The van der Waals surface area contributed by atoms with Crippen LogP contribution in [0.3, 0.4) is 0 Å².